The van der Waals surface area contributed by atoms with Crippen molar-refractivity contribution in [3.05, 3.63) is 38.3 Å². The number of hydrogen-bond acceptors (Lipinski definition) is 5. The summed E-state index contributed by atoms with van der Waals surface area (Å²) >= 11 is 3.11. The number of carboxylic acid groups (broad SMARTS) is 2. The van der Waals surface area contributed by atoms with Crippen LogP contribution in [0.2, 0.25) is 0 Å². The molecule has 0 amide bonds. The van der Waals surface area contributed by atoms with Crippen molar-refractivity contribution in [2.75, 3.05) is 13.1 Å². The summed E-state index contributed by atoms with van der Waals surface area (Å²) in [5, 5.41) is 28.4. The van der Waals surface area contributed by atoms with Crippen LogP contribution in [-0.2, 0) is 16.1 Å². The van der Waals surface area contributed by atoms with Crippen LogP contribution >= 0.6 is 15.9 Å². The molecule has 8 nitrogen and oxygen atoms in total. The van der Waals surface area contributed by atoms with E-state index in [4.69, 9.17) is 10.2 Å². The lowest BCUT2D eigenvalue weighted by molar-refractivity contribution is -0.385. The fraction of sp³-hybridized carbons (Fsp3) is 0.273. The average Bonchev–Trinajstić information content (AvgIpc) is 2.29. The molecular formula is C11H11BrN2O6. The van der Waals surface area contributed by atoms with Gasteiger partial charge in [-0.05, 0) is 12.1 Å². The van der Waals surface area contributed by atoms with Gasteiger partial charge in [0, 0.05) is 22.6 Å². The molecule has 1 aromatic carbocycles. The van der Waals surface area contributed by atoms with Gasteiger partial charge in [0.25, 0.3) is 5.69 Å². The molecule has 0 radical (unpaired) electrons. The van der Waals surface area contributed by atoms with Crippen molar-refractivity contribution < 1.29 is 24.7 Å². The van der Waals surface area contributed by atoms with Gasteiger partial charge in [-0.1, -0.05) is 15.9 Å². The third-order valence-corrected chi connectivity index (χ3v) is 2.85. The second-order valence-electron chi connectivity index (χ2n) is 3.96. The largest absolute Gasteiger partial charge is 0.480 e. The Morgan fingerprint density at radius 3 is 2.25 bits per heavy atom. The molecule has 0 aliphatic carbocycles. The van der Waals surface area contributed by atoms with E-state index < -0.39 is 30.0 Å². The molecule has 0 fully saturated rings. The summed E-state index contributed by atoms with van der Waals surface area (Å²) in [6.07, 6.45) is 0. The van der Waals surface area contributed by atoms with Gasteiger partial charge < -0.3 is 10.2 Å². The van der Waals surface area contributed by atoms with Crippen LogP contribution in [0.3, 0.4) is 0 Å². The minimum atomic E-state index is -1.20. The molecule has 1 aromatic rings. The summed E-state index contributed by atoms with van der Waals surface area (Å²) in [5.41, 5.74) is 0.0563. The molecule has 0 aromatic heterocycles. The minimum Gasteiger partial charge on any atom is -0.480 e. The molecular weight excluding hydrogens is 336 g/mol. The van der Waals surface area contributed by atoms with Gasteiger partial charge in [-0.25, -0.2) is 0 Å². The SMILES string of the molecule is O=C(O)CN(CC(=O)O)Cc1ccc(Br)cc1[N+](=O)[O-]. The van der Waals surface area contributed by atoms with Crippen LogP contribution in [-0.4, -0.2) is 45.1 Å². The Labute approximate surface area is 121 Å². The van der Waals surface area contributed by atoms with Crippen LogP contribution in [0.25, 0.3) is 0 Å². The lowest BCUT2D eigenvalue weighted by Gasteiger charge is -2.17. The van der Waals surface area contributed by atoms with E-state index in [0.29, 0.717) is 4.47 Å². The standard InChI is InChI=1S/C11H11BrN2O6/c12-8-2-1-7(9(3-8)14(19)20)4-13(5-10(15)16)6-11(17)18/h1-3H,4-6H2,(H,15,16)(H,17,18). The van der Waals surface area contributed by atoms with Crippen molar-refractivity contribution in [3.8, 4) is 0 Å². The van der Waals surface area contributed by atoms with Crippen LogP contribution in [0.5, 0.6) is 0 Å². The van der Waals surface area contributed by atoms with E-state index in [1.165, 1.54) is 12.1 Å². The number of halogens is 1. The first kappa shape index (κ1) is 16.1. The molecule has 20 heavy (non-hydrogen) atoms. The van der Waals surface area contributed by atoms with E-state index in [1.54, 1.807) is 6.07 Å². The summed E-state index contributed by atoms with van der Waals surface area (Å²) in [6.45, 7) is -1.17. The Hall–Kier alpha value is -2.00. The quantitative estimate of drug-likeness (QED) is 0.564. The number of carbonyl (C=O) groups is 2. The molecule has 1 rings (SSSR count). The molecule has 108 valence electrons. The van der Waals surface area contributed by atoms with E-state index in [9.17, 15) is 19.7 Å². The van der Waals surface area contributed by atoms with Crippen molar-refractivity contribution in [1.29, 1.82) is 0 Å². The van der Waals surface area contributed by atoms with E-state index in [2.05, 4.69) is 15.9 Å². The molecule has 0 aliphatic rings. The fourth-order valence-corrected chi connectivity index (χ4v) is 1.98. The fourth-order valence-electron chi connectivity index (χ4n) is 1.63. The van der Waals surface area contributed by atoms with Gasteiger partial charge in [0.2, 0.25) is 0 Å². The number of carboxylic acids is 2. The van der Waals surface area contributed by atoms with Crippen LogP contribution in [0.1, 0.15) is 5.56 Å². The molecule has 0 bridgehead atoms. The molecule has 0 spiro atoms. The minimum absolute atomic E-state index is 0.137. The number of hydrogen-bond donors (Lipinski definition) is 2. The predicted octanol–water partition coefficient (Wildman–Crippen LogP) is 1.33. The molecule has 9 heteroatoms. The molecule has 0 unspecified atom stereocenters. The number of rotatable bonds is 7. The second kappa shape index (κ2) is 6.96. The van der Waals surface area contributed by atoms with E-state index >= 15 is 0 Å². The summed E-state index contributed by atoms with van der Waals surface area (Å²) < 4.78 is 0.510. The average molecular weight is 347 g/mol. The molecule has 0 atom stereocenters. The van der Waals surface area contributed by atoms with Gasteiger partial charge in [-0.3, -0.25) is 24.6 Å². The number of benzene rings is 1. The highest BCUT2D eigenvalue weighted by molar-refractivity contribution is 9.10. The van der Waals surface area contributed by atoms with Crippen molar-refractivity contribution >= 4 is 33.6 Å². The van der Waals surface area contributed by atoms with Gasteiger partial charge in [0.05, 0.1) is 18.0 Å². The first-order valence-corrected chi connectivity index (χ1v) is 6.17. The molecule has 2 N–H and O–H groups in total. The second-order valence-corrected chi connectivity index (χ2v) is 4.88. The molecule has 0 heterocycles. The van der Waals surface area contributed by atoms with E-state index in [-0.39, 0.29) is 17.8 Å². The zero-order chi connectivity index (χ0) is 15.3. The normalized spacial score (nSPS) is 10.5. The van der Waals surface area contributed by atoms with Crippen molar-refractivity contribution in [1.82, 2.24) is 4.90 Å². The number of nitro groups is 1. The Kier molecular flexibility index (Phi) is 5.59. The summed E-state index contributed by atoms with van der Waals surface area (Å²) in [7, 11) is 0. The van der Waals surface area contributed by atoms with Crippen LogP contribution in [0.15, 0.2) is 22.7 Å². The van der Waals surface area contributed by atoms with Gasteiger partial charge >= 0.3 is 11.9 Å². The van der Waals surface area contributed by atoms with Gasteiger partial charge in [0.1, 0.15) is 0 Å². The monoisotopic (exact) mass is 346 g/mol. The third kappa shape index (κ3) is 4.94. The molecule has 0 saturated carbocycles. The van der Waals surface area contributed by atoms with Crippen LogP contribution in [0.4, 0.5) is 5.69 Å². The van der Waals surface area contributed by atoms with E-state index in [1.807, 2.05) is 0 Å². The highest BCUT2D eigenvalue weighted by Gasteiger charge is 2.20. The van der Waals surface area contributed by atoms with Gasteiger partial charge in [-0.2, -0.15) is 0 Å². The predicted molar refractivity (Wildman–Crippen MR) is 71.3 cm³/mol. The lowest BCUT2D eigenvalue weighted by Crippen LogP contribution is -2.34. The first-order chi connectivity index (χ1) is 9.29. The maximum atomic E-state index is 10.9. The topological polar surface area (TPSA) is 121 Å². The first-order valence-electron chi connectivity index (χ1n) is 5.38. The zero-order valence-electron chi connectivity index (χ0n) is 10.2. The maximum Gasteiger partial charge on any atom is 0.317 e. The molecule has 0 saturated heterocycles. The highest BCUT2D eigenvalue weighted by atomic mass is 79.9. The lowest BCUT2D eigenvalue weighted by atomic mass is 10.1. The Morgan fingerprint density at radius 1 is 1.25 bits per heavy atom. The Morgan fingerprint density at radius 2 is 1.80 bits per heavy atom. The maximum absolute atomic E-state index is 10.9. The molecule has 0 aliphatic heterocycles. The van der Waals surface area contributed by atoms with Crippen LogP contribution < -0.4 is 0 Å². The number of aliphatic carboxylic acids is 2. The van der Waals surface area contributed by atoms with Gasteiger partial charge in [-0.15, -0.1) is 0 Å². The van der Waals surface area contributed by atoms with E-state index in [0.717, 1.165) is 4.90 Å². The smallest absolute Gasteiger partial charge is 0.317 e. The number of nitro benzene ring substituents is 1. The van der Waals surface area contributed by atoms with Gasteiger partial charge in [0.15, 0.2) is 0 Å². The van der Waals surface area contributed by atoms with Crippen molar-refractivity contribution in [3.63, 3.8) is 0 Å². The summed E-state index contributed by atoms with van der Waals surface area (Å²) in [4.78, 5) is 32.8. The zero-order valence-corrected chi connectivity index (χ0v) is 11.7. The number of nitrogens with zero attached hydrogens (tertiary/aromatic N) is 2. The third-order valence-electron chi connectivity index (χ3n) is 2.36. The Bertz CT molecular complexity index is 532. The highest BCUT2D eigenvalue weighted by Crippen LogP contribution is 2.24. The van der Waals surface area contributed by atoms with Crippen molar-refractivity contribution in [2.24, 2.45) is 0 Å². The summed E-state index contributed by atoms with van der Waals surface area (Å²) in [6, 6.07) is 4.32. The van der Waals surface area contributed by atoms with Crippen LogP contribution in [0, 0.1) is 10.1 Å². The van der Waals surface area contributed by atoms with Crippen molar-refractivity contribution in [2.45, 2.75) is 6.54 Å². The Balaban J connectivity index is 3.00. The summed E-state index contributed by atoms with van der Waals surface area (Å²) in [5.74, 6) is -2.41.